The zero-order valence-corrected chi connectivity index (χ0v) is 16.7. The van der Waals surface area contributed by atoms with E-state index in [-0.39, 0.29) is 0 Å². The molecule has 1 amide bonds. The molecule has 2 rings (SSSR count). The topological polar surface area (TPSA) is 102 Å². The van der Waals surface area contributed by atoms with Gasteiger partial charge in [0.2, 0.25) is 10.0 Å². The van der Waals surface area contributed by atoms with Crippen LogP contribution in [0, 0.1) is 0 Å². The molecule has 1 aromatic rings. The minimum absolute atomic E-state index is 0.335. The van der Waals surface area contributed by atoms with Crippen molar-refractivity contribution in [1.29, 1.82) is 0 Å². The fraction of sp³-hybridized carbons (Fsp3) is 0.500. The van der Waals surface area contributed by atoms with Crippen LogP contribution in [-0.2, 0) is 35.3 Å². The normalized spacial score (nSPS) is 16.4. The Morgan fingerprint density at radius 2 is 1.93 bits per heavy atom. The van der Waals surface area contributed by atoms with Gasteiger partial charge in [0.25, 0.3) is 5.91 Å². The second-order valence-corrected chi connectivity index (χ2v) is 8.18. The number of nitrogens with one attached hydrogen (secondary N) is 1. The Morgan fingerprint density at radius 1 is 1.31 bits per heavy atom. The predicted octanol–water partition coefficient (Wildman–Crippen LogP) is 1.43. The van der Waals surface area contributed by atoms with Crippen molar-refractivity contribution < 1.29 is 40.7 Å². The maximum atomic E-state index is 12.8. The molecule has 0 aromatic heterocycles. The van der Waals surface area contributed by atoms with E-state index in [4.69, 9.17) is 21.1 Å². The van der Waals surface area contributed by atoms with Gasteiger partial charge in [-0.15, -0.1) is 0 Å². The third kappa shape index (κ3) is 6.29. The first-order chi connectivity index (χ1) is 13.4. The van der Waals surface area contributed by atoms with Crippen molar-refractivity contribution in [2.45, 2.75) is 24.1 Å². The molecule has 29 heavy (non-hydrogen) atoms. The van der Waals surface area contributed by atoms with Gasteiger partial charge < -0.3 is 14.4 Å². The van der Waals surface area contributed by atoms with Gasteiger partial charge in [0.15, 0.2) is 6.10 Å². The monoisotopic (exact) mass is 458 g/mol. The molecular weight excluding hydrogens is 441 g/mol. The Bertz CT molecular complexity index is 872. The highest BCUT2D eigenvalue weighted by molar-refractivity contribution is 7.89. The van der Waals surface area contributed by atoms with Crippen molar-refractivity contribution in [2.24, 2.45) is 0 Å². The van der Waals surface area contributed by atoms with Crippen molar-refractivity contribution in [3.05, 3.63) is 28.8 Å². The van der Waals surface area contributed by atoms with E-state index in [2.05, 4.69) is 0 Å². The number of morpholine rings is 1. The number of sulfonamides is 1. The Balaban J connectivity index is 1.99. The number of nitrogens with zero attached hydrogens (tertiary/aromatic N) is 1. The SMILES string of the molecule is CC(OC(=O)CNS(=O)(=O)c1cc(C(F)(F)F)ccc1Cl)C(=O)N1CCOCC1. The van der Waals surface area contributed by atoms with E-state index in [0.29, 0.717) is 38.4 Å². The maximum Gasteiger partial charge on any atom is 0.416 e. The molecule has 0 bridgehead atoms. The van der Waals surface area contributed by atoms with E-state index >= 15 is 0 Å². The van der Waals surface area contributed by atoms with Crippen molar-refractivity contribution in [3.63, 3.8) is 0 Å². The molecule has 1 aliphatic rings. The highest BCUT2D eigenvalue weighted by Gasteiger charge is 2.33. The number of alkyl halides is 3. The van der Waals surface area contributed by atoms with Crippen LogP contribution in [0.4, 0.5) is 13.2 Å². The lowest BCUT2D eigenvalue weighted by molar-refractivity contribution is -0.160. The molecule has 162 valence electrons. The summed E-state index contributed by atoms with van der Waals surface area (Å²) in [5.41, 5.74) is -1.21. The first-order valence-electron chi connectivity index (χ1n) is 8.34. The minimum Gasteiger partial charge on any atom is -0.452 e. The molecule has 1 aromatic carbocycles. The van der Waals surface area contributed by atoms with Crippen LogP contribution in [0.1, 0.15) is 12.5 Å². The van der Waals surface area contributed by atoms with Crippen LogP contribution in [0.5, 0.6) is 0 Å². The Kier molecular flexibility index (Phi) is 7.49. The van der Waals surface area contributed by atoms with Crippen molar-refractivity contribution in [3.8, 4) is 0 Å². The van der Waals surface area contributed by atoms with Crippen LogP contribution in [0.3, 0.4) is 0 Å². The number of rotatable bonds is 6. The van der Waals surface area contributed by atoms with E-state index < -0.39 is 56.2 Å². The molecule has 0 saturated carbocycles. The summed E-state index contributed by atoms with van der Waals surface area (Å²) in [5.74, 6) is -1.55. The zero-order valence-electron chi connectivity index (χ0n) is 15.2. The average molecular weight is 459 g/mol. The smallest absolute Gasteiger partial charge is 0.416 e. The third-order valence-electron chi connectivity index (χ3n) is 3.93. The molecule has 1 aliphatic heterocycles. The molecule has 1 heterocycles. The van der Waals surface area contributed by atoms with Crippen molar-refractivity contribution >= 4 is 33.5 Å². The molecule has 1 fully saturated rings. The number of hydrogen-bond acceptors (Lipinski definition) is 6. The standard InChI is InChI=1S/C16H18ClF3N2O6S/c1-10(15(24)22-4-6-27-7-5-22)28-14(23)9-21-29(25,26)13-8-11(16(18,19)20)2-3-12(13)17/h2-3,8,10,21H,4-7,9H2,1H3. The van der Waals surface area contributed by atoms with Gasteiger partial charge in [-0.25, -0.2) is 8.42 Å². The van der Waals surface area contributed by atoms with E-state index in [1.807, 2.05) is 4.72 Å². The van der Waals surface area contributed by atoms with Crippen LogP contribution in [0.15, 0.2) is 23.1 Å². The molecule has 1 N–H and O–H groups in total. The lowest BCUT2D eigenvalue weighted by Crippen LogP contribution is -2.46. The largest absolute Gasteiger partial charge is 0.452 e. The molecule has 8 nitrogen and oxygen atoms in total. The molecule has 1 saturated heterocycles. The second kappa shape index (κ2) is 9.28. The third-order valence-corrected chi connectivity index (χ3v) is 5.82. The molecule has 0 radical (unpaired) electrons. The fourth-order valence-electron chi connectivity index (χ4n) is 2.45. The summed E-state index contributed by atoms with van der Waals surface area (Å²) in [6.45, 7) is 1.81. The fourth-order valence-corrected chi connectivity index (χ4v) is 3.94. The second-order valence-electron chi connectivity index (χ2n) is 6.04. The van der Waals surface area contributed by atoms with E-state index in [1.54, 1.807) is 0 Å². The maximum absolute atomic E-state index is 12.8. The Labute approximate surface area is 169 Å². The number of carbonyl (C=O) groups is 2. The van der Waals surface area contributed by atoms with Gasteiger partial charge in [-0.05, 0) is 25.1 Å². The van der Waals surface area contributed by atoms with Crippen molar-refractivity contribution in [2.75, 3.05) is 32.8 Å². The van der Waals surface area contributed by atoms with Gasteiger partial charge in [0.1, 0.15) is 11.4 Å². The molecule has 13 heteroatoms. The molecule has 1 atom stereocenters. The molecule has 0 aliphatic carbocycles. The summed E-state index contributed by atoms with van der Waals surface area (Å²) >= 11 is 5.69. The summed E-state index contributed by atoms with van der Waals surface area (Å²) in [6, 6.07) is 1.79. The van der Waals surface area contributed by atoms with Crippen LogP contribution in [-0.4, -0.2) is 64.1 Å². The number of halogens is 4. The van der Waals surface area contributed by atoms with Crippen LogP contribution >= 0.6 is 11.6 Å². The summed E-state index contributed by atoms with van der Waals surface area (Å²) in [4.78, 5) is 24.6. The van der Waals surface area contributed by atoms with Gasteiger partial charge in [-0.1, -0.05) is 11.6 Å². The van der Waals surface area contributed by atoms with Gasteiger partial charge in [0.05, 0.1) is 23.8 Å². The summed E-state index contributed by atoms with van der Waals surface area (Å²) in [7, 11) is -4.54. The van der Waals surface area contributed by atoms with Crippen LogP contribution in [0.25, 0.3) is 0 Å². The van der Waals surface area contributed by atoms with Gasteiger partial charge in [-0.2, -0.15) is 17.9 Å². The predicted molar refractivity (Wildman–Crippen MR) is 94.6 cm³/mol. The zero-order chi connectivity index (χ0) is 21.8. The Hall–Kier alpha value is -1.89. The number of ether oxygens (including phenoxy) is 2. The van der Waals surface area contributed by atoms with E-state index in [9.17, 15) is 31.2 Å². The van der Waals surface area contributed by atoms with E-state index in [0.717, 1.165) is 6.07 Å². The summed E-state index contributed by atoms with van der Waals surface area (Å²) in [6.07, 6.45) is -5.94. The molecule has 1 unspecified atom stereocenters. The van der Waals surface area contributed by atoms with Crippen molar-refractivity contribution in [1.82, 2.24) is 9.62 Å². The quantitative estimate of drug-likeness (QED) is 0.647. The number of esters is 1. The molecular formula is C16H18ClF3N2O6S. The van der Waals surface area contributed by atoms with Crippen LogP contribution < -0.4 is 4.72 Å². The van der Waals surface area contributed by atoms with Gasteiger partial charge in [-0.3, -0.25) is 9.59 Å². The highest BCUT2D eigenvalue weighted by atomic mass is 35.5. The average Bonchev–Trinajstić information content (AvgIpc) is 2.65. The molecule has 0 spiro atoms. The first kappa shape index (κ1) is 23.4. The summed E-state index contributed by atoms with van der Waals surface area (Å²) < 4.78 is 74.7. The number of amides is 1. The van der Waals surface area contributed by atoms with Gasteiger partial charge in [0, 0.05) is 13.1 Å². The lowest BCUT2D eigenvalue weighted by Gasteiger charge is -2.28. The number of carbonyl (C=O) groups excluding carboxylic acids is 2. The first-order valence-corrected chi connectivity index (χ1v) is 10.2. The summed E-state index contributed by atoms with van der Waals surface area (Å²) in [5, 5.41) is -0.449. The number of benzene rings is 1. The number of hydrogen-bond donors (Lipinski definition) is 1. The van der Waals surface area contributed by atoms with Gasteiger partial charge >= 0.3 is 12.1 Å². The van der Waals surface area contributed by atoms with Crippen LogP contribution in [0.2, 0.25) is 5.02 Å². The highest BCUT2D eigenvalue weighted by Crippen LogP contribution is 2.33. The Morgan fingerprint density at radius 3 is 2.52 bits per heavy atom. The van der Waals surface area contributed by atoms with E-state index in [1.165, 1.54) is 11.8 Å². The lowest BCUT2D eigenvalue weighted by atomic mass is 10.2. The minimum atomic E-state index is -4.77.